The summed E-state index contributed by atoms with van der Waals surface area (Å²) < 4.78 is 0. The summed E-state index contributed by atoms with van der Waals surface area (Å²) in [5, 5.41) is 18.5. The molecule has 0 saturated carbocycles. The van der Waals surface area contributed by atoms with Crippen molar-refractivity contribution < 1.29 is 14.7 Å². The average molecular weight is 447 g/mol. The summed E-state index contributed by atoms with van der Waals surface area (Å²) in [6, 6.07) is 11.7. The molecule has 30 heavy (non-hydrogen) atoms. The first-order chi connectivity index (χ1) is 14.3. The molecular formula is C23H24Cl2N2O3. The van der Waals surface area contributed by atoms with Gasteiger partial charge in [-0.2, -0.15) is 0 Å². The van der Waals surface area contributed by atoms with E-state index in [-0.39, 0.29) is 18.2 Å². The van der Waals surface area contributed by atoms with E-state index in [1.165, 1.54) is 0 Å². The molecule has 0 radical (unpaired) electrons. The first kappa shape index (κ1) is 21.2. The summed E-state index contributed by atoms with van der Waals surface area (Å²) in [6.45, 7) is 3.73. The number of nitrogens with one attached hydrogen (secondary N) is 2. The molecular weight excluding hydrogens is 423 g/mol. The first-order valence-electron chi connectivity index (χ1n) is 10.1. The second-order valence-electron chi connectivity index (χ2n) is 8.14. The number of amides is 2. The summed E-state index contributed by atoms with van der Waals surface area (Å²) in [6.07, 6.45) is 0.874. The van der Waals surface area contributed by atoms with Crippen molar-refractivity contribution in [3.05, 3.63) is 63.6 Å². The number of carbonyl (C=O) groups is 2. The Balaban J connectivity index is 2.03. The Kier molecular flexibility index (Phi) is 5.33. The lowest BCUT2D eigenvalue weighted by molar-refractivity contribution is -0.140. The fraction of sp³-hybridized carbons (Fsp3) is 0.391. The van der Waals surface area contributed by atoms with Crippen molar-refractivity contribution in [2.75, 3.05) is 5.32 Å². The molecule has 3 atom stereocenters. The van der Waals surface area contributed by atoms with E-state index in [1.807, 2.05) is 32.0 Å². The molecule has 0 bridgehead atoms. The normalized spacial score (nSPS) is 25.8. The highest BCUT2D eigenvalue weighted by molar-refractivity contribution is 6.31. The van der Waals surface area contributed by atoms with E-state index in [1.54, 1.807) is 24.3 Å². The van der Waals surface area contributed by atoms with Gasteiger partial charge in [-0.15, -0.1) is 0 Å². The van der Waals surface area contributed by atoms with E-state index >= 15 is 0 Å². The van der Waals surface area contributed by atoms with Crippen molar-refractivity contribution in [3.63, 3.8) is 0 Å². The van der Waals surface area contributed by atoms with Gasteiger partial charge in [0.05, 0.1) is 11.6 Å². The van der Waals surface area contributed by atoms with Gasteiger partial charge in [-0.25, -0.2) is 0 Å². The monoisotopic (exact) mass is 446 g/mol. The average Bonchev–Trinajstić information content (AvgIpc) is 3.00. The summed E-state index contributed by atoms with van der Waals surface area (Å²) in [5.41, 5.74) is -0.345. The molecule has 0 aliphatic carbocycles. The molecule has 4 rings (SSSR count). The SMILES string of the molecule is CCC(O)(CC)[C@H]1NC(=O)C[C@@H](c2cccc(Cl)c2)[C@]12C(=O)Nc1cc(Cl)ccc12. The number of aliphatic hydroxyl groups is 1. The predicted molar refractivity (Wildman–Crippen MR) is 118 cm³/mol. The Labute approximate surface area is 185 Å². The smallest absolute Gasteiger partial charge is 0.237 e. The van der Waals surface area contributed by atoms with E-state index in [4.69, 9.17) is 23.2 Å². The van der Waals surface area contributed by atoms with Crippen LogP contribution in [0.4, 0.5) is 5.69 Å². The molecule has 1 saturated heterocycles. The summed E-state index contributed by atoms with van der Waals surface area (Å²) in [7, 11) is 0. The van der Waals surface area contributed by atoms with Gasteiger partial charge in [-0.05, 0) is 48.2 Å². The number of carbonyl (C=O) groups excluding carboxylic acids is 2. The molecule has 1 spiro atoms. The van der Waals surface area contributed by atoms with Crippen LogP contribution in [0.2, 0.25) is 10.0 Å². The zero-order valence-electron chi connectivity index (χ0n) is 16.8. The fourth-order valence-electron chi connectivity index (χ4n) is 5.16. The van der Waals surface area contributed by atoms with Crippen LogP contribution in [-0.2, 0) is 15.0 Å². The molecule has 0 aromatic heterocycles. The van der Waals surface area contributed by atoms with Gasteiger partial charge in [0.25, 0.3) is 0 Å². The van der Waals surface area contributed by atoms with Gasteiger partial charge < -0.3 is 15.7 Å². The lowest BCUT2D eigenvalue weighted by Gasteiger charge is -2.52. The molecule has 7 heteroatoms. The minimum atomic E-state index is -1.27. The first-order valence-corrected chi connectivity index (χ1v) is 10.9. The third-order valence-corrected chi connectivity index (χ3v) is 7.23. The quantitative estimate of drug-likeness (QED) is 0.650. The molecule has 158 valence electrons. The van der Waals surface area contributed by atoms with Gasteiger partial charge in [0.15, 0.2) is 0 Å². The Morgan fingerprint density at radius 2 is 1.80 bits per heavy atom. The van der Waals surface area contributed by atoms with Crippen LogP contribution in [-0.4, -0.2) is 28.6 Å². The molecule has 1 fully saturated rings. The van der Waals surface area contributed by atoms with Crippen molar-refractivity contribution >= 4 is 40.7 Å². The van der Waals surface area contributed by atoms with Crippen molar-refractivity contribution in [1.29, 1.82) is 0 Å². The molecule has 5 nitrogen and oxygen atoms in total. The van der Waals surface area contributed by atoms with Crippen molar-refractivity contribution in [1.82, 2.24) is 5.32 Å². The molecule has 2 heterocycles. The largest absolute Gasteiger partial charge is 0.388 e. The number of hydrogen-bond donors (Lipinski definition) is 3. The number of fused-ring (bicyclic) bond motifs is 2. The molecule has 3 N–H and O–H groups in total. The zero-order chi connectivity index (χ0) is 21.7. The third kappa shape index (κ3) is 3.03. The number of piperidine rings is 1. The molecule has 2 aliphatic rings. The van der Waals surface area contributed by atoms with Crippen LogP contribution in [0, 0.1) is 0 Å². The lowest BCUT2D eigenvalue weighted by Crippen LogP contribution is -2.70. The zero-order valence-corrected chi connectivity index (χ0v) is 18.3. The lowest BCUT2D eigenvalue weighted by atomic mass is 9.56. The minimum absolute atomic E-state index is 0.107. The van der Waals surface area contributed by atoms with Crippen LogP contribution in [0.5, 0.6) is 0 Å². The van der Waals surface area contributed by atoms with E-state index < -0.39 is 23.0 Å². The van der Waals surface area contributed by atoms with Gasteiger partial charge in [-0.3, -0.25) is 9.59 Å². The minimum Gasteiger partial charge on any atom is -0.388 e. The van der Waals surface area contributed by atoms with E-state index in [9.17, 15) is 14.7 Å². The summed E-state index contributed by atoms with van der Waals surface area (Å²) >= 11 is 12.5. The highest BCUT2D eigenvalue weighted by Crippen LogP contribution is 2.55. The summed E-state index contributed by atoms with van der Waals surface area (Å²) in [4.78, 5) is 26.6. The number of anilines is 1. The van der Waals surface area contributed by atoms with Gasteiger partial charge in [0, 0.05) is 28.1 Å². The maximum Gasteiger partial charge on any atom is 0.237 e. The van der Waals surface area contributed by atoms with E-state index in [2.05, 4.69) is 10.6 Å². The molecule has 2 aromatic rings. The summed E-state index contributed by atoms with van der Waals surface area (Å²) in [5.74, 6) is -0.955. The van der Waals surface area contributed by atoms with E-state index in [0.717, 1.165) is 11.1 Å². The molecule has 0 unspecified atom stereocenters. The van der Waals surface area contributed by atoms with Crippen LogP contribution in [0.1, 0.15) is 50.2 Å². The second-order valence-corrected chi connectivity index (χ2v) is 9.01. The van der Waals surface area contributed by atoms with Crippen LogP contribution in [0.3, 0.4) is 0 Å². The molecule has 2 amide bonds. The highest BCUT2D eigenvalue weighted by atomic mass is 35.5. The number of rotatable bonds is 4. The van der Waals surface area contributed by atoms with Gasteiger partial charge in [0.1, 0.15) is 5.41 Å². The maximum atomic E-state index is 13.7. The van der Waals surface area contributed by atoms with Crippen molar-refractivity contribution in [2.24, 2.45) is 0 Å². The van der Waals surface area contributed by atoms with Crippen LogP contribution >= 0.6 is 23.2 Å². The van der Waals surface area contributed by atoms with Crippen molar-refractivity contribution in [2.45, 2.75) is 56.1 Å². The van der Waals surface area contributed by atoms with E-state index in [0.29, 0.717) is 28.6 Å². The molecule has 2 aromatic carbocycles. The van der Waals surface area contributed by atoms with Gasteiger partial charge >= 0.3 is 0 Å². The Morgan fingerprint density at radius 1 is 1.10 bits per heavy atom. The Bertz CT molecular complexity index is 1020. The maximum absolute atomic E-state index is 13.7. The highest BCUT2D eigenvalue weighted by Gasteiger charge is 2.64. The predicted octanol–water partition coefficient (Wildman–Crippen LogP) is 4.41. The second kappa shape index (κ2) is 7.56. The van der Waals surface area contributed by atoms with Gasteiger partial charge in [-0.1, -0.05) is 55.2 Å². The fourth-order valence-corrected chi connectivity index (χ4v) is 5.53. The Morgan fingerprint density at radius 3 is 2.47 bits per heavy atom. The topological polar surface area (TPSA) is 78.4 Å². The van der Waals surface area contributed by atoms with Crippen molar-refractivity contribution in [3.8, 4) is 0 Å². The van der Waals surface area contributed by atoms with Crippen LogP contribution in [0.25, 0.3) is 0 Å². The molecule has 2 aliphatic heterocycles. The van der Waals surface area contributed by atoms with Crippen LogP contribution in [0.15, 0.2) is 42.5 Å². The number of hydrogen-bond acceptors (Lipinski definition) is 3. The number of benzene rings is 2. The number of halogens is 2. The third-order valence-electron chi connectivity index (χ3n) is 6.76. The van der Waals surface area contributed by atoms with Gasteiger partial charge in [0.2, 0.25) is 11.8 Å². The Hall–Kier alpha value is -2.08. The standard InChI is InChI=1S/C23H24Cl2N2O3/c1-3-22(30,4-2)20-23(16-9-8-15(25)11-18(16)26-21(23)29)17(12-19(28)27-20)13-6-5-7-14(24)10-13/h5-11,17,20,30H,3-4,12H2,1-2H3,(H,26,29)(H,27,28)/t17-,20+,23-/m0/s1. The van der Waals surface area contributed by atoms with Crippen LogP contribution < -0.4 is 10.6 Å².